The zero-order valence-corrected chi connectivity index (χ0v) is 8.04. The van der Waals surface area contributed by atoms with E-state index in [1.165, 1.54) is 0 Å². The van der Waals surface area contributed by atoms with Crippen molar-refractivity contribution >= 4 is 12.0 Å². The minimum Gasteiger partial charge on any atom is -0.481 e. The third kappa shape index (κ3) is 5.89. The van der Waals surface area contributed by atoms with Gasteiger partial charge in [0.1, 0.15) is 0 Å². The number of carbonyl (C=O) groups is 2. The van der Waals surface area contributed by atoms with Crippen LogP contribution in [0.5, 0.6) is 0 Å². The van der Waals surface area contributed by atoms with Crippen molar-refractivity contribution in [3.8, 4) is 12.3 Å². The molecule has 0 saturated carbocycles. The Balaban J connectivity index is 3.65. The lowest BCUT2D eigenvalue weighted by Crippen LogP contribution is -2.41. The van der Waals surface area contributed by atoms with E-state index in [0.717, 1.165) is 0 Å². The van der Waals surface area contributed by atoms with Gasteiger partial charge in [-0.3, -0.25) is 4.79 Å². The fraction of sp³-hybridized carbons (Fsp3) is 0.556. The van der Waals surface area contributed by atoms with Gasteiger partial charge < -0.3 is 15.7 Å². The maximum Gasteiger partial charge on any atom is 0.315 e. The fourth-order valence-corrected chi connectivity index (χ4v) is 0.754. The number of terminal acetylenes is 1. The monoisotopic (exact) mass is 198 g/mol. The van der Waals surface area contributed by atoms with Gasteiger partial charge in [-0.15, -0.1) is 6.42 Å². The molecule has 0 aliphatic heterocycles. The van der Waals surface area contributed by atoms with Crippen molar-refractivity contribution < 1.29 is 14.7 Å². The highest BCUT2D eigenvalue weighted by Gasteiger charge is 2.06. The normalized spacial score (nSPS) is 11.1. The summed E-state index contributed by atoms with van der Waals surface area (Å²) in [6.07, 6.45) is 5.67. The molecule has 0 saturated heterocycles. The van der Waals surface area contributed by atoms with Crippen LogP contribution in [-0.4, -0.2) is 29.7 Å². The Hall–Kier alpha value is -1.70. The largest absolute Gasteiger partial charge is 0.481 e. The first kappa shape index (κ1) is 12.3. The van der Waals surface area contributed by atoms with E-state index in [9.17, 15) is 9.59 Å². The van der Waals surface area contributed by atoms with E-state index in [0.29, 0.717) is 6.42 Å². The van der Waals surface area contributed by atoms with E-state index in [-0.39, 0.29) is 19.0 Å². The number of carboxylic acids is 1. The molecule has 1 atom stereocenters. The lowest BCUT2D eigenvalue weighted by molar-refractivity contribution is -0.136. The highest BCUT2D eigenvalue weighted by atomic mass is 16.4. The summed E-state index contributed by atoms with van der Waals surface area (Å²) in [6.45, 7) is 1.95. The first-order valence-corrected chi connectivity index (χ1v) is 4.32. The summed E-state index contributed by atoms with van der Waals surface area (Å²) in [4.78, 5) is 21.2. The van der Waals surface area contributed by atoms with E-state index in [2.05, 4.69) is 16.6 Å². The standard InChI is InChI=1S/C9H14N2O3/c1-3-7(4-2)11-9(14)10-6-5-8(12)13/h1,7H,4-6H2,2H3,(H,12,13)(H2,10,11,14). The van der Waals surface area contributed by atoms with Crippen LogP contribution in [0.25, 0.3) is 0 Å². The van der Waals surface area contributed by atoms with Gasteiger partial charge in [-0.05, 0) is 6.42 Å². The molecule has 2 amide bonds. The molecule has 0 rings (SSSR count). The van der Waals surface area contributed by atoms with Gasteiger partial charge in [-0.1, -0.05) is 12.8 Å². The maximum absolute atomic E-state index is 11.0. The van der Waals surface area contributed by atoms with Gasteiger partial charge in [0.25, 0.3) is 0 Å². The highest BCUT2D eigenvalue weighted by molar-refractivity contribution is 5.75. The third-order valence-electron chi connectivity index (χ3n) is 1.54. The topological polar surface area (TPSA) is 78.4 Å². The molecule has 14 heavy (non-hydrogen) atoms. The summed E-state index contributed by atoms with van der Waals surface area (Å²) in [5.74, 6) is 1.44. The number of carboxylic acid groups (broad SMARTS) is 1. The molecule has 0 aliphatic carbocycles. The molecule has 0 aliphatic rings. The van der Waals surface area contributed by atoms with E-state index in [4.69, 9.17) is 11.5 Å². The summed E-state index contributed by atoms with van der Waals surface area (Å²) in [5, 5.41) is 13.2. The Kier molecular flexibility index (Phi) is 5.95. The molecule has 1 unspecified atom stereocenters. The van der Waals surface area contributed by atoms with Crippen LogP contribution in [0.15, 0.2) is 0 Å². The van der Waals surface area contributed by atoms with Crippen LogP contribution in [-0.2, 0) is 4.79 Å². The minimum atomic E-state index is -0.950. The number of urea groups is 1. The number of amides is 2. The van der Waals surface area contributed by atoms with E-state index >= 15 is 0 Å². The maximum atomic E-state index is 11.0. The lowest BCUT2D eigenvalue weighted by atomic mass is 10.2. The predicted molar refractivity (Wildman–Crippen MR) is 51.7 cm³/mol. The Labute approximate surface area is 82.9 Å². The van der Waals surface area contributed by atoms with Crippen molar-refractivity contribution in [3.63, 3.8) is 0 Å². The molecular weight excluding hydrogens is 184 g/mol. The van der Waals surface area contributed by atoms with Crippen LogP contribution in [0.3, 0.4) is 0 Å². The lowest BCUT2D eigenvalue weighted by Gasteiger charge is -2.10. The van der Waals surface area contributed by atoms with Crippen LogP contribution in [0, 0.1) is 12.3 Å². The minimum absolute atomic E-state index is 0.0970. The van der Waals surface area contributed by atoms with Gasteiger partial charge in [0.2, 0.25) is 0 Å². The molecule has 78 valence electrons. The Morgan fingerprint density at radius 3 is 2.64 bits per heavy atom. The third-order valence-corrected chi connectivity index (χ3v) is 1.54. The molecule has 5 nitrogen and oxygen atoms in total. The smallest absolute Gasteiger partial charge is 0.315 e. The number of carbonyl (C=O) groups excluding carboxylic acids is 1. The second kappa shape index (κ2) is 6.78. The first-order valence-electron chi connectivity index (χ1n) is 4.32. The molecule has 0 aromatic rings. The van der Waals surface area contributed by atoms with Crippen molar-refractivity contribution in [1.29, 1.82) is 0 Å². The Morgan fingerprint density at radius 1 is 1.57 bits per heavy atom. The SMILES string of the molecule is C#CC(CC)NC(=O)NCCC(=O)O. The van der Waals surface area contributed by atoms with Gasteiger partial charge in [0.05, 0.1) is 12.5 Å². The number of aliphatic carboxylic acids is 1. The quantitative estimate of drug-likeness (QED) is 0.551. The summed E-state index contributed by atoms with van der Waals surface area (Å²) < 4.78 is 0. The van der Waals surface area contributed by atoms with Crippen molar-refractivity contribution in [2.45, 2.75) is 25.8 Å². The highest BCUT2D eigenvalue weighted by Crippen LogP contribution is 1.87. The zero-order chi connectivity index (χ0) is 11.0. The van der Waals surface area contributed by atoms with Gasteiger partial charge in [0, 0.05) is 6.54 Å². The Bertz CT molecular complexity index is 245. The van der Waals surface area contributed by atoms with E-state index in [1.807, 2.05) is 6.92 Å². The molecule has 0 radical (unpaired) electrons. The van der Waals surface area contributed by atoms with E-state index in [1.54, 1.807) is 0 Å². The molecule has 0 heterocycles. The first-order chi connectivity index (χ1) is 6.60. The van der Waals surface area contributed by atoms with Gasteiger partial charge in [0.15, 0.2) is 0 Å². The zero-order valence-electron chi connectivity index (χ0n) is 8.04. The number of hydrogen-bond acceptors (Lipinski definition) is 2. The molecule has 0 fully saturated rings. The summed E-state index contributed by atoms with van der Waals surface area (Å²) in [5.41, 5.74) is 0. The summed E-state index contributed by atoms with van der Waals surface area (Å²) >= 11 is 0. The molecule has 0 spiro atoms. The number of hydrogen-bond donors (Lipinski definition) is 3. The van der Waals surface area contributed by atoms with Crippen LogP contribution >= 0.6 is 0 Å². The molecule has 0 bridgehead atoms. The van der Waals surface area contributed by atoms with Crippen molar-refractivity contribution in [2.24, 2.45) is 0 Å². The van der Waals surface area contributed by atoms with Gasteiger partial charge >= 0.3 is 12.0 Å². The van der Waals surface area contributed by atoms with Crippen molar-refractivity contribution in [2.75, 3.05) is 6.54 Å². The van der Waals surface area contributed by atoms with Crippen LogP contribution < -0.4 is 10.6 Å². The predicted octanol–water partition coefficient (Wildman–Crippen LogP) is 0.172. The number of rotatable bonds is 5. The van der Waals surface area contributed by atoms with Gasteiger partial charge in [-0.2, -0.15) is 0 Å². The average molecular weight is 198 g/mol. The van der Waals surface area contributed by atoms with E-state index < -0.39 is 12.0 Å². The van der Waals surface area contributed by atoms with Crippen LogP contribution in [0.4, 0.5) is 4.79 Å². The molecule has 3 N–H and O–H groups in total. The molecule has 0 aromatic heterocycles. The molecule has 5 heteroatoms. The van der Waals surface area contributed by atoms with Crippen LogP contribution in [0.2, 0.25) is 0 Å². The Morgan fingerprint density at radius 2 is 2.21 bits per heavy atom. The summed E-state index contributed by atoms with van der Waals surface area (Å²) in [6, 6.07) is -0.740. The second-order valence-corrected chi connectivity index (χ2v) is 2.67. The number of nitrogens with one attached hydrogen (secondary N) is 2. The van der Waals surface area contributed by atoms with Crippen molar-refractivity contribution in [3.05, 3.63) is 0 Å². The van der Waals surface area contributed by atoms with Crippen LogP contribution in [0.1, 0.15) is 19.8 Å². The molecule has 0 aromatic carbocycles. The summed E-state index contributed by atoms with van der Waals surface area (Å²) in [7, 11) is 0. The fourth-order valence-electron chi connectivity index (χ4n) is 0.754. The molecular formula is C9H14N2O3. The average Bonchev–Trinajstić information content (AvgIpc) is 2.13. The van der Waals surface area contributed by atoms with Crippen molar-refractivity contribution in [1.82, 2.24) is 10.6 Å². The van der Waals surface area contributed by atoms with Gasteiger partial charge in [-0.25, -0.2) is 4.79 Å². The second-order valence-electron chi connectivity index (χ2n) is 2.67.